The van der Waals surface area contributed by atoms with Crippen LogP contribution in [0.4, 0.5) is 10.1 Å². The summed E-state index contributed by atoms with van der Waals surface area (Å²) >= 11 is 0. The molecule has 0 atom stereocenters. The smallest absolute Gasteiger partial charge is 0.221 e. The van der Waals surface area contributed by atoms with E-state index in [9.17, 15) is 9.18 Å². The van der Waals surface area contributed by atoms with E-state index in [0.717, 1.165) is 0 Å². The van der Waals surface area contributed by atoms with E-state index >= 15 is 0 Å². The third kappa shape index (κ3) is 3.42. The topological polar surface area (TPSA) is 50.4 Å². The zero-order chi connectivity index (χ0) is 12.0. The molecule has 0 aliphatic rings. The van der Waals surface area contributed by atoms with Crippen LogP contribution in [-0.4, -0.2) is 26.6 Å². The average molecular weight is 226 g/mol. The van der Waals surface area contributed by atoms with Crippen LogP contribution < -0.4 is 15.4 Å². The van der Waals surface area contributed by atoms with Crippen molar-refractivity contribution >= 4 is 11.6 Å². The number of carbonyl (C=O) groups is 1. The number of hydrogen-bond donors (Lipinski definition) is 2. The van der Waals surface area contributed by atoms with Crippen LogP contribution in [0.3, 0.4) is 0 Å². The molecule has 1 aromatic rings. The Kier molecular flexibility index (Phi) is 4.57. The van der Waals surface area contributed by atoms with Gasteiger partial charge < -0.3 is 15.4 Å². The van der Waals surface area contributed by atoms with Crippen LogP contribution in [0.25, 0.3) is 0 Å². The maximum absolute atomic E-state index is 13.3. The Balaban J connectivity index is 2.49. The molecule has 88 valence electrons. The molecular weight excluding hydrogens is 211 g/mol. The molecule has 0 aromatic heterocycles. The SMILES string of the molecule is CNC(=O)CCNc1ccc(OC)c(F)c1. The second kappa shape index (κ2) is 5.95. The average Bonchev–Trinajstić information content (AvgIpc) is 2.29. The van der Waals surface area contributed by atoms with Gasteiger partial charge in [0.05, 0.1) is 7.11 Å². The van der Waals surface area contributed by atoms with Crippen molar-refractivity contribution in [2.45, 2.75) is 6.42 Å². The second-order valence-corrected chi connectivity index (χ2v) is 3.20. The number of benzene rings is 1. The van der Waals surface area contributed by atoms with Gasteiger partial charge in [0.2, 0.25) is 5.91 Å². The molecule has 0 spiro atoms. The number of halogens is 1. The number of rotatable bonds is 5. The Morgan fingerprint density at radius 2 is 2.25 bits per heavy atom. The molecule has 2 N–H and O–H groups in total. The van der Waals surface area contributed by atoms with Crippen LogP contribution in [0.2, 0.25) is 0 Å². The highest BCUT2D eigenvalue weighted by atomic mass is 19.1. The molecule has 0 fully saturated rings. The molecular formula is C11H15FN2O2. The van der Waals surface area contributed by atoms with Crippen molar-refractivity contribution in [3.63, 3.8) is 0 Å². The van der Waals surface area contributed by atoms with E-state index in [1.807, 2.05) is 0 Å². The minimum absolute atomic E-state index is 0.0542. The molecule has 1 rings (SSSR count). The first-order valence-corrected chi connectivity index (χ1v) is 4.95. The van der Waals surface area contributed by atoms with Gasteiger partial charge in [-0.15, -0.1) is 0 Å². The summed E-state index contributed by atoms with van der Waals surface area (Å²) in [5, 5.41) is 5.45. The largest absolute Gasteiger partial charge is 0.494 e. The summed E-state index contributed by atoms with van der Waals surface area (Å²) in [4.78, 5) is 10.9. The fraction of sp³-hybridized carbons (Fsp3) is 0.364. The van der Waals surface area contributed by atoms with Gasteiger partial charge >= 0.3 is 0 Å². The van der Waals surface area contributed by atoms with E-state index in [2.05, 4.69) is 10.6 Å². The number of ether oxygens (including phenoxy) is 1. The molecule has 0 unspecified atom stereocenters. The lowest BCUT2D eigenvalue weighted by Gasteiger charge is -2.07. The molecule has 0 saturated carbocycles. The van der Waals surface area contributed by atoms with Crippen molar-refractivity contribution in [1.29, 1.82) is 0 Å². The van der Waals surface area contributed by atoms with Gasteiger partial charge in [0.1, 0.15) is 0 Å². The standard InChI is InChI=1S/C11H15FN2O2/c1-13-11(15)5-6-14-8-3-4-10(16-2)9(12)7-8/h3-4,7,14H,5-6H2,1-2H3,(H,13,15). The van der Waals surface area contributed by atoms with Crippen molar-refractivity contribution in [3.8, 4) is 5.75 Å². The summed E-state index contributed by atoms with van der Waals surface area (Å²) in [6, 6.07) is 4.58. The van der Waals surface area contributed by atoms with Crippen LogP contribution in [-0.2, 0) is 4.79 Å². The number of carbonyl (C=O) groups excluding carboxylic acids is 1. The number of amides is 1. The van der Waals surface area contributed by atoms with E-state index in [1.165, 1.54) is 19.2 Å². The molecule has 0 radical (unpaired) electrons. The van der Waals surface area contributed by atoms with E-state index in [4.69, 9.17) is 4.74 Å². The van der Waals surface area contributed by atoms with Gasteiger partial charge in [0.15, 0.2) is 11.6 Å². The zero-order valence-electron chi connectivity index (χ0n) is 9.34. The molecule has 0 saturated heterocycles. The monoisotopic (exact) mass is 226 g/mol. The van der Waals surface area contributed by atoms with Gasteiger partial charge in [-0.05, 0) is 12.1 Å². The van der Waals surface area contributed by atoms with Crippen molar-refractivity contribution in [2.24, 2.45) is 0 Å². The summed E-state index contributed by atoms with van der Waals surface area (Å²) < 4.78 is 18.1. The second-order valence-electron chi connectivity index (χ2n) is 3.20. The third-order valence-corrected chi connectivity index (χ3v) is 2.11. The Hall–Kier alpha value is -1.78. The molecule has 0 bridgehead atoms. The highest BCUT2D eigenvalue weighted by Gasteiger charge is 2.03. The first-order valence-electron chi connectivity index (χ1n) is 4.95. The highest BCUT2D eigenvalue weighted by Crippen LogP contribution is 2.20. The molecule has 5 heteroatoms. The fourth-order valence-corrected chi connectivity index (χ4v) is 1.22. The molecule has 0 heterocycles. The number of methoxy groups -OCH3 is 1. The summed E-state index contributed by atoms with van der Waals surface area (Å²) in [6.07, 6.45) is 0.351. The van der Waals surface area contributed by atoms with Gasteiger partial charge in [0.25, 0.3) is 0 Å². The number of nitrogens with one attached hydrogen (secondary N) is 2. The van der Waals surface area contributed by atoms with Crippen LogP contribution in [0.15, 0.2) is 18.2 Å². The predicted octanol–water partition coefficient (Wildman–Crippen LogP) is 1.38. The van der Waals surface area contributed by atoms with E-state index in [-0.39, 0.29) is 11.7 Å². The minimum atomic E-state index is -0.424. The van der Waals surface area contributed by atoms with Crippen molar-refractivity contribution < 1.29 is 13.9 Å². The van der Waals surface area contributed by atoms with Crippen molar-refractivity contribution in [3.05, 3.63) is 24.0 Å². The summed E-state index contributed by atoms with van der Waals surface area (Å²) in [7, 11) is 2.99. The van der Waals surface area contributed by atoms with E-state index in [0.29, 0.717) is 18.7 Å². The van der Waals surface area contributed by atoms with Gasteiger partial charge in [-0.1, -0.05) is 0 Å². The lowest BCUT2D eigenvalue weighted by molar-refractivity contribution is -0.120. The maximum atomic E-state index is 13.3. The van der Waals surface area contributed by atoms with Crippen LogP contribution >= 0.6 is 0 Å². The quantitative estimate of drug-likeness (QED) is 0.797. The first-order chi connectivity index (χ1) is 7.67. The van der Waals surface area contributed by atoms with Gasteiger partial charge in [-0.2, -0.15) is 0 Å². The van der Waals surface area contributed by atoms with Gasteiger partial charge in [0, 0.05) is 31.8 Å². The summed E-state index contributed by atoms with van der Waals surface area (Å²) in [6.45, 7) is 0.464. The van der Waals surface area contributed by atoms with Crippen molar-refractivity contribution in [1.82, 2.24) is 5.32 Å². The Bertz CT molecular complexity index is 369. The highest BCUT2D eigenvalue weighted by molar-refractivity contribution is 5.76. The van der Waals surface area contributed by atoms with Crippen LogP contribution in [0.5, 0.6) is 5.75 Å². The molecule has 1 aromatic carbocycles. The predicted molar refractivity (Wildman–Crippen MR) is 60.1 cm³/mol. The molecule has 1 amide bonds. The third-order valence-electron chi connectivity index (χ3n) is 2.11. The van der Waals surface area contributed by atoms with Gasteiger partial charge in [-0.25, -0.2) is 4.39 Å². The van der Waals surface area contributed by atoms with E-state index < -0.39 is 5.82 Å². The molecule has 4 nitrogen and oxygen atoms in total. The number of hydrogen-bond acceptors (Lipinski definition) is 3. The molecule has 16 heavy (non-hydrogen) atoms. The normalized spacial score (nSPS) is 9.69. The van der Waals surface area contributed by atoms with Gasteiger partial charge in [-0.3, -0.25) is 4.79 Å². The van der Waals surface area contributed by atoms with E-state index in [1.54, 1.807) is 13.1 Å². The Morgan fingerprint density at radius 1 is 1.50 bits per heavy atom. The Labute approximate surface area is 93.8 Å². The Morgan fingerprint density at radius 3 is 2.81 bits per heavy atom. The van der Waals surface area contributed by atoms with Crippen LogP contribution in [0.1, 0.15) is 6.42 Å². The molecule has 0 aliphatic carbocycles. The molecule has 0 aliphatic heterocycles. The first kappa shape index (κ1) is 12.3. The maximum Gasteiger partial charge on any atom is 0.221 e. The zero-order valence-corrected chi connectivity index (χ0v) is 9.34. The number of anilines is 1. The lowest BCUT2D eigenvalue weighted by atomic mass is 10.3. The summed E-state index contributed by atoms with van der Waals surface area (Å²) in [5.74, 6) is -0.272. The van der Waals surface area contributed by atoms with Crippen molar-refractivity contribution in [2.75, 3.05) is 26.0 Å². The lowest BCUT2D eigenvalue weighted by Crippen LogP contribution is -2.20. The van der Waals surface area contributed by atoms with Crippen LogP contribution in [0, 0.1) is 5.82 Å². The minimum Gasteiger partial charge on any atom is -0.494 e. The fourth-order valence-electron chi connectivity index (χ4n) is 1.22. The summed E-state index contributed by atoms with van der Waals surface area (Å²) in [5.41, 5.74) is 0.627.